The van der Waals surface area contributed by atoms with E-state index >= 15 is 0 Å². The molecule has 0 radical (unpaired) electrons. The third kappa shape index (κ3) is 2.76. The number of aryl methyl sites for hydroxylation is 1. The third-order valence-corrected chi connectivity index (χ3v) is 4.43. The number of amides is 1. The van der Waals surface area contributed by atoms with Crippen LogP contribution in [0.3, 0.4) is 0 Å². The van der Waals surface area contributed by atoms with Crippen molar-refractivity contribution in [2.75, 3.05) is 6.54 Å². The number of nitrogens with two attached hydrogens (primary N) is 1. The van der Waals surface area contributed by atoms with E-state index in [-0.39, 0.29) is 11.4 Å². The molecule has 1 amide bonds. The number of carbonyl (C=O) groups is 1. The number of pyridine rings is 1. The Labute approximate surface area is 129 Å². The Bertz CT molecular complexity index is 659. The van der Waals surface area contributed by atoms with E-state index in [9.17, 15) is 4.79 Å². The fourth-order valence-corrected chi connectivity index (χ4v) is 3.10. The van der Waals surface area contributed by atoms with Crippen molar-refractivity contribution in [2.24, 2.45) is 5.73 Å². The molecule has 5 nitrogen and oxygen atoms in total. The second-order valence-corrected chi connectivity index (χ2v) is 5.95. The van der Waals surface area contributed by atoms with Crippen molar-refractivity contribution in [1.82, 2.24) is 10.3 Å². The number of hydrogen-bond acceptors (Lipinski definition) is 4. The minimum absolute atomic E-state index is 0.0941. The summed E-state index contributed by atoms with van der Waals surface area (Å²) < 4.78 is 5.34. The highest BCUT2D eigenvalue weighted by atomic mass is 16.3. The van der Waals surface area contributed by atoms with Crippen LogP contribution in [0.15, 0.2) is 34.9 Å². The highest BCUT2D eigenvalue weighted by Gasteiger charge is 2.34. The number of furan rings is 1. The molecule has 0 spiro atoms. The lowest BCUT2D eigenvalue weighted by molar-refractivity contribution is 0.0902. The first kappa shape index (κ1) is 14.8. The first-order chi connectivity index (χ1) is 10.6. The van der Waals surface area contributed by atoms with Gasteiger partial charge in [0, 0.05) is 6.54 Å². The minimum Gasteiger partial charge on any atom is -0.463 e. The molecule has 2 heterocycles. The van der Waals surface area contributed by atoms with E-state index in [4.69, 9.17) is 10.2 Å². The van der Waals surface area contributed by atoms with Gasteiger partial charge in [0.15, 0.2) is 5.76 Å². The van der Waals surface area contributed by atoms with E-state index in [1.807, 2.05) is 25.1 Å². The molecular formula is C17H21N3O2. The molecule has 0 aromatic carbocycles. The van der Waals surface area contributed by atoms with Gasteiger partial charge in [-0.3, -0.25) is 4.79 Å². The third-order valence-electron chi connectivity index (χ3n) is 4.43. The molecule has 5 heteroatoms. The van der Waals surface area contributed by atoms with Crippen molar-refractivity contribution in [1.29, 1.82) is 0 Å². The number of nitrogens with zero attached hydrogens (tertiary/aromatic N) is 1. The van der Waals surface area contributed by atoms with Crippen LogP contribution in [-0.4, -0.2) is 23.0 Å². The van der Waals surface area contributed by atoms with Crippen LogP contribution in [0.2, 0.25) is 0 Å². The number of rotatable bonds is 4. The fraction of sp³-hybridized carbons (Fsp3) is 0.412. The molecule has 0 saturated heterocycles. The number of nitrogens with one attached hydrogen (secondary N) is 1. The number of aromatic nitrogens is 1. The molecule has 1 aliphatic carbocycles. The summed E-state index contributed by atoms with van der Waals surface area (Å²) in [5.41, 5.74) is 7.65. The molecule has 0 atom stereocenters. The maximum absolute atomic E-state index is 12.6. The SMILES string of the molecule is Cc1nc(-c2ccco2)ccc1C(=O)NC1(CN)CCCC1. The summed E-state index contributed by atoms with van der Waals surface area (Å²) in [5.74, 6) is 0.604. The Hall–Kier alpha value is -2.14. The van der Waals surface area contributed by atoms with Crippen molar-refractivity contribution in [3.05, 3.63) is 41.8 Å². The summed E-state index contributed by atoms with van der Waals surface area (Å²) in [5, 5.41) is 3.13. The summed E-state index contributed by atoms with van der Waals surface area (Å²) in [6.07, 6.45) is 5.74. The lowest BCUT2D eigenvalue weighted by Gasteiger charge is -2.29. The van der Waals surface area contributed by atoms with Crippen molar-refractivity contribution < 1.29 is 9.21 Å². The van der Waals surface area contributed by atoms with Gasteiger partial charge < -0.3 is 15.5 Å². The number of carbonyl (C=O) groups excluding carboxylic acids is 1. The van der Waals surface area contributed by atoms with Crippen LogP contribution in [0, 0.1) is 6.92 Å². The van der Waals surface area contributed by atoms with Crippen LogP contribution in [0.25, 0.3) is 11.5 Å². The first-order valence-electron chi connectivity index (χ1n) is 7.68. The normalized spacial score (nSPS) is 16.6. The minimum atomic E-state index is -0.247. The van der Waals surface area contributed by atoms with Crippen molar-refractivity contribution in [3.8, 4) is 11.5 Å². The molecule has 2 aromatic heterocycles. The van der Waals surface area contributed by atoms with E-state index in [1.54, 1.807) is 12.3 Å². The second kappa shape index (κ2) is 5.93. The van der Waals surface area contributed by atoms with Crippen LogP contribution < -0.4 is 11.1 Å². The zero-order chi connectivity index (χ0) is 15.6. The van der Waals surface area contributed by atoms with Gasteiger partial charge in [0.2, 0.25) is 0 Å². The molecule has 0 bridgehead atoms. The Morgan fingerprint density at radius 3 is 2.73 bits per heavy atom. The Balaban J connectivity index is 1.81. The zero-order valence-electron chi connectivity index (χ0n) is 12.8. The Kier molecular flexibility index (Phi) is 3.98. The molecule has 2 aromatic rings. The average molecular weight is 299 g/mol. The summed E-state index contributed by atoms with van der Waals surface area (Å²) in [4.78, 5) is 17.0. The van der Waals surface area contributed by atoms with Crippen LogP contribution in [0.5, 0.6) is 0 Å². The molecule has 1 aliphatic rings. The fourth-order valence-electron chi connectivity index (χ4n) is 3.10. The van der Waals surface area contributed by atoms with Crippen LogP contribution in [0.1, 0.15) is 41.7 Å². The predicted molar refractivity (Wildman–Crippen MR) is 84.4 cm³/mol. The Morgan fingerprint density at radius 1 is 1.36 bits per heavy atom. The van der Waals surface area contributed by atoms with E-state index in [2.05, 4.69) is 10.3 Å². The predicted octanol–water partition coefficient (Wildman–Crippen LogP) is 2.65. The quantitative estimate of drug-likeness (QED) is 0.909. The van der Waals surface area contributed by atoms with Gasteiger partial charge in [0.25, 0.3) is 5.91 Å². The molecule has 3 N–H and O–H groups in total. The topological polar surface area (TPSA) is 81.2 Å². The molecule has 116 valence electrons. The van der Waals surface area contributed by atoms with Crippen molar-refractivity contribution in [3.63, 3.8) is 0 Å². The second-order valence-electron chi connectivity index (χ2n) is 5.95. The van der Waals surface area contributed by atoms with Crippen LogP contribution in [-0.2, 0) is 0 Å². The monoisotopic (exact) mass is 299 g/mol. The molecule has 1 fully saturated rings. The zero-order valence-corrected chi connectivity index (χ0v) is 12.8. The van der Waals surface area contributed by atoms with Gasteiger partial charge in [-0.2, -0.15) is 0 Å². The first-order valence-corrected chi connectivity index (χ1v) is 7.68. The van der Waals surface area contributed by atoms with Gasteiger partial charge in [-0.05, 0) is 44.0 Å². The summed E-state index contributed by atoms with van der Waals surface area (Å²) >= 11 is 0. The van der Waals surface area contributed by atoms with E-state index in [1.165, 1.54) is 0 Å². The smallest absolute Gasteiger partial charge is 0.253 e. The van der Waals surface area contributed by atoms with Gasteiger partial charge in [-0.25, -0.2) is 4.98 Å². The lowest BCUT2D eigenvalue weighted by Crippen LogP contribution is -2.51. The van der Waals surface area contributed by atoms with Crippen molar-refractivity contribution >= 4 is 5.91 Å². The maximum Gasteiger partial charge on any atom is 0.253 e. The molecular weight excluding hydrogens is 278 g/mol. The average Bonchev–Trinajstić information content (AvgIpc) is 3.19. The summed E-state index contributed by atoms with van der Waals surface area (Å²) in [7, 11) is 0. The lowest BCUT2D eigenvalue weighted by atomic mass is 9.97. The maximum atomic E-state index is 12.6. The highest BCUT2D eigenvalue weighted by molar-refractivity contribution is 5.96. The molecule has 0 unspecified atom stereocenters. The van der Waals surface area contributed by atoms with Crippen molar-refractivity contribution in [2.45, 2.75) is 38.1 Å². The van der Waals surface area contributed by atoms with Gasteiger partial charge in [-0.15, -0.1) is 0 Å². The van der Waals surface area contributed by atoms with E-state index in [0.29, 0.717) is 23.6 Å². The van der Waals surface area contributed by atoms with Crippen LogP contribution >= 0.6 is 0 Å². The molecule has 1 saturated carbocycles. The highest BCUT2D eigenvalue weighted by Crippen LogP contribution is 2.29. The van der Waals surface area contributed by atoms with Gasteiger partial charge >= 0.3 is 0 Å². The molecule has 0 aliphatic heterocycles. The van der Waals surface area contributed by atoms with E-state index in [0.717, 1.165) is 31.4 Å². The standard InChI is InChI=1S/C17H21N3O2/c1-12-13(6-7-14(19-12)15-5-4-10-22-15)16(21)20-17(11-18)8-2-3-9-17/h4-7,10H,2-3,8-9,11,18H2,1H3,(H,20,21). The molecule has 22 heavy (non-hydrogen) atoms. The molecule has 3 rings (SSSR count). The van der Waals surface area contributed by atoms with Crippen LogP contribution in [0.4, 0.5) is 0 Å². The van der Waals surface area contributed by atoms with Gasteiger partial charge in [0.05, 0.1) is 23.1 Å². The van der Waals surface area contributed by atoms with Gasteiger partial charge in [-0.1, -0.05) is 12.8 Å². The van der Waals surface area contributed by atoms with E-state index < -0.39 is 0 Å². The Morgan fingerprint density at radius 2 is 2.14 bits per heavy atom. The number of hydrogen-bond donors (Lipinski definition) is 2. The van der Waals surface area contributed by atoms with Gasteiger partial charge in [0.1, 0.15) is 5.69 Å². The summed E-state index contributed by atoms with van der Waals surface area (Å²) in [6, 6.07) is 7.28. The summed E-state index contributed by atoms with van der Waals surface area (Å²) in [6.45, 7) is 2.32. The largest absolute Gasteiger partial charge is 0.463 e.